The van der Waals surface area contributed by atoms with E-state index in [0.717, 1.165) is 4.31 Å². The Balaban J connectivity index is 1.43. The number of hydrogen-bond acceptors (Lipinski definition) is 5. The molecular weight excluding hydrogens is 605 g/mol. The highest BCUT2D eigenvalue weighted by atomic mass is 35.5. The lowest BCUT2D eigenvalue weighted by molar-refractivity contribution is 0.102. The maximum atomic E-state index is 12.9. The second-order valence-electron chi connectivity index (χ2n) is 8.18. The third-order valence-corrected chi connectivity index (χ3v) is 9.54. The first kappa shape index (κ1) is 28.7. The van der Waals surface area contributed by atoms with Crippen molar-refractivity contribution in [1.29, 1.82) is 0 Å². The van der Waals surface area contributed by atoms with Crippen molar-refractivity contribution in [3.8, 4) is 0 Å². The van der Waals surface area contributed by atoms with E-state index in [9.17, 15) is 21.6 Å². The summed E-state index contributed by atoms with van der Waals surface area (Å²) < 4.78 is 54.7. The second kappa shape index (κ2) is 11.4. The quantitative estimate of drug-likeness (QED) is 0.232. The lowest BCUT2D eigenvalue weighted by Gasteiger charge is -2.20. The summed E-state index contributed by atoms with van der Waals surface area (Å²) in [7, 11) is -6.36. The fourth-order valence-electron chi connectivity index (χ4n) is 3.42. The highest BCUT2D eigenvalue weighted by Gasteiger charge is 2.22. The molecule has 0 heterocycles. The minimum atomic E-state index is -3.94. The van der Waals surface area contributed by atoms with Crippen molar-refractivity contribution in [2.45, 2.75) is 9.79 Å². The fraction of sp³-hybridized carbons (Fsp3) is 0.0385. The molecule has 0 atom stereocenters. The molecule has 0 aliphatic carbocycles. The van der Waals surface area contributed by atoms with Crippen molar-refractivity contribution in [2.24, 2.45) is 0 Å². The van der Waals surface area contributed by atoms with Gasteiger partial charge >= 0.3 is 0 Å². The number of halogens is 3. The zero-order valence-electron chi connectivity index (χ0n) is 20.1. The molecule has 0 fully saturated rings. The van der Waals surface area contributed by atoms with E-state index in [1.807, 2.05) is 0 Å². The third-order valence-electron chi connectivity index (χ3n) is 5.56. The Morgan fingerprint density at radius 1 is 0.718 bits per heavy atom. The smallest absolute Gasteiger partial charge is 0.264 e. The van der Waals surface area contributed by atoms with Gasteiger partial charge in [-0.05, 0) is 91.0 Å². The molecule has 0 aliphatic rings. The number of benzene rings is 4. The number of rotatable bonds is 8. The molecule has 0 aromatic heterocycles. The molecule has 4 aromatic rings. The Morgan fingerprint density at radius 2 is 1.28 bits per heavy atom. The van der Waals surface area contributed by atoms with Gasteiger partial charge in [-0.2, -0.15) is 0 Å². The summed E-state index contributed by atoms with van der Waals surface area (Å²) in [4.78, 5) is 12.8. The van der Waals surface area contributed by atoms with Crippen LogP contribution >= 0.6 is 34.8 Å². The molecule has 4 aromatic carbocycles. The number of hydrogen-bond donors (Lipinski definition) is 2. The average Bonchev–Trinajstić information content (AvgIpc) is 2.90. The van der Waals surface area contributed by atoms with Crippen LogP contribution in [0.15, 0.2) is 101 Å². The number of anilines is 3. The van der Waals surface area contributed by atoms with Gasteiger partial charge in [0.15, 0.2) is 0 Å². The third kappa shape index (κ3) is 6.66. The predicted molar refractivity (Wildman–Crippen MR) is 155 cm³/mol. The van der Waals surface area contributed by atoms with E-state index in [-0.39, 0.29) is 26.1 Å². The minimum absolute atomic E-state index is 0.0409. The van der Waals surface area contributed by atoms with Crippen molar-refractivity contribution in [3.05, 3.63) is 112 Å². The largest absolute Gasteiger partial charge is 0.322 e. The van der Waals surface area contributed by atoms with Crippen LogP contribution in [0.25, 0.3) is 0 Å². The Bertz CT molecular complexity index is 1730. The minimum Gasteiger partial charge on any atom is -0.322 e. The normalized spacial score (nSPS) is 11.6. The maximum absolute atomic E-state index is 12.9. The van der Waals surface area contributed by atoms with Gasteiger partial charge < -0.3 is 5.32 Å². The number of nitrogens with zero attached hydrogens (tertiary/aromatic N) is 1. The highest BCUT2D eigenvalue weighted by molar-refractivity contribution is 7.93. The summed E-state index contributed by atoms with van der Waals surface area (Å²) in [5.74, 6) is -0.466. The van der Waals surface area contributed by atoms with Gasteiger partial charge in [0.1, 0.15) is 0 Å². The van der Waals surface area contributed by atoms with Gasteiger partial charge in [0.05, 0.1) is 26.2 Å². The summed E-state index contributed by atoms with van der Waals surface area (Å²) >= 11 is 17.7. The van der Waals surface area contributed by atoms with E-state index in [2.05, 4.69) is 10.0 Å². The summed E-state index contributed by atoms with van der Waals surface area (Å²) in [6, 6.07) is 21.7. The molecule has 0 unspecified atom stereocenters. The molecular formula is C26H20Cl3N3O5S2. The van der Waals surface area contributed by atoms with Crippen LogP contribution in [-0.4, -0.2) is 29.8 Å². The zero-order chi connectivity index (χ0) is 28.4. The maximum Gasteiger partial charge on any atom is 0.264 e. The number of carbonyl (C=O) groups is 1. The molecule has 0 saturated carbocycles. The predicted octanol–water partition coefficient (Wildman–Crippen LogP) is 6.53. The number of nitrogens with one attached hydrogen (secondary N) is 2. The van der Waals surface area contributed by atoms with E-state index in [1.54, 1.807) is 0 Å². The van der Waals surface area contributed by atoms with E-state index < -0.39 is 26.0 Å². The van der Waals surface area contributed by atoms with Gasteiger partial charge in [-0.15, -0.1) is 0 Å². The van der Waals surface area contributed by atoms with Gasteiger partial charge in [-0.25, -0.2) is 16.8 Å². The van der Waals surface area contributed by atoms with E-state index >= 15 is 0 Å². The number of sulfonamides is 2. The Hall–Kier alpha value is -3.28. The summed E-state index contributed by atoms with van der Waals surface area (Å²) in [5.41, 5.74) is 1.15. The van der Waals surface area contributed by atoms with Crippen molar-refractivity contribution in [3.63, 3.8) is 0 Å². The Kier molecular flexibility index (Phi) is 8.43. The van der Waals surface area contributed by atoms with Crippen LogP contribution in [0.5, 0.6) is 0 Å². The topological polar surface area (TPSA) is 113 Å². The molecule has 8 nitrogen and oxygen atoms in total. The average molecular weight is 625 g/mol. The molecule has 39 heavy (non-hydrogen) atoms. The van der Waals surface area contributed by atoms with Crippen LogP contribution in [0.1, 0.15) is 10.4 Å². The van der Waals surface area contributed by atoms with Gasteiger partial charge in [0.2, 0.25) is 0 Å². The van der Waals surface area contributed by atoms with Crippen molar-refractivity contribution in [1.82, 2.24) is 0 Å². The van der Waals surface area contributed by atoms with Crippen LogP contribution in [0.2, 0.25) is 15.1 Å². The molecule has 0 spiro atoms. The fourth-order valence-corrected chi connectivity index (χ4v) is 6.34. The second-order valence-corrected chi connectivity index (χ2v) is 13.1. The van der Waals surface area contributed by atoms with Gasteiger partial charge in [0, 0.05) is 28.3 Å². The molecule has 2 N–H and O–H groups in total. The molecule has 0 bridgehead atoms. The van der Waals surface area contributed by atoms with Gasteiger partial charge in [-0.3, -0.25) is 13.8 Å². The van der Waals surface area contributed by atoms with Crippen molar-refractivity contribution >= 4 is 77.8 Å². The highest BCUT2D eigenvalue weighted by Crippen LogP contribution is 2.28. The van der Waals surface area contributed by atoms with E-state index in [4.69, 9.17) is 34.8 Å². The van der Waals surface area contributed by atoms with Gasteiger partial charge in [0.25, 0.3) is 26.0 Å². The number of carbonyl (C=O) groups excluding carboxylic acids is 1. The Morgan fingerprint density at radius 3 is 1.87 bits per heavy atom. The van der Waals surface area contributed by atoms with Gasteiger partial charge in [-0.1, -0.05) is 34.8 Å². The summed E-state index contributed by atoms with van der Waals surface area (Å²) in [6.07, 6.45) is 0. The van der Waals surface area contributed by atoms with Crippen LogP contribution < -0.4 is 14.3 Å². The monoisotopic (exact) mass is 623 g/mol. The zero-order valence-corrected chi connectivity index (χ0v) is 24.0. The van der Waals surface area contributed by atoms with Crippen LogP contribution in [0.4, 0.5) is 17.1 Å². The van der Waals surface area contributed by atoms with Crippen LogP contribution in [0.3, 0.4) is 0 Å². The molecule has 1 amide bonds. The van der Waals surface area contributed by atoms with Crippen molar-refractivity contribution in [2.75, 3.05) is 21.4 Å². The SMILES string of the molecule is CN(c1ccc(C(=O)Nc2ccc(S(=O)(=O)Nc3ccc(Cl)cc3Cl)cc2)cc1)S(=O)(=O)c1ccc(Cl)cc1. The first-order valence-electron chi connectivity index (χ1n) is 11.1. The summed E-state index contributed by atoms with van der Waals surface area (Å²) in [5, 5.41) is 3.61. The molecule has 0 saturated heterocycles. The molecule has 13 heteroatoms. The molecule has 0 radical (unpaired) electrons. The first-order chi connectivity index (χ1) is 18.4. The lowest BCUT2D eigenvalue weighted by atomic mass is 10.2. The molecule has 0 aliphatic heterocycles. The Labute approximate surface area is 241 Å². The van der Waals surface area contributed by atoms with Crippen LogP contribution in [-0.2, 0) is 20.0 Å². The van der Waals surface area contributed by atoms with Crippen molar-refractivity contribution < 1.29 is 21.6 Å². The number of amides is 1. The lowest BCUT2D eigenvalue weighted by Crippen LogP contribution is -2.26. The van der Waals surface area contributed by atoms with Crippen LogP contribution in [0, 0.1) is 0 Å². The summed E-state index contributed by atoms with van der Waals surface area (Å²) in [6.45, 7) is 0. The molecule has 202 valence electrons. The standard InChI is InChI=1S/C26H20Cl3N3O5S2/c1-32(39(36,37)23-11-4-18(27)5-12-23)21-9-2-17(3-10-21)26(33)30-20-7-13-22(14-8-20)38(34,35)31-25-15-6-19(28)16-24(25)29/h2-16,31H,1H3,(H,30,33). The molecule has 4 rings (SSSR count). The van der Waals surface area contributed by atoms with E-state index in [0.29, 0.717) is 21.4 Å². The van der Waals surface area contributed by atoms with E-state index in [1.165, 1.54) is 98.0 Å². The first-order valence-corrected chi connectivity index (χ1v) is 15.2.